The van der Waals surface area contributed by atoms with Crippen LogP contribution in [0.5, 0.6) is 17.2 Å². The van der Waals surface area contributed by atoms with Gasteiger partial charge in [0.05, 0.1) is 23.3 Å². The van der Waals surface area contributed by atoms with Gasteiger partial charge in [0.1, 0.15) is 5.56 Å². The number of phenolic OH excluding ortho intramolecular Hbond substituents is 2. The average molecular weight is 236 g/mol. The zero-order valence-corrected chi connectivity index (χ0v) is 8.33. The molecule has 0 aromatic heterocycles. The van der Waals surface area contributed by atoms with Crippen molar-refractivity contribution >= 4 is 17.6 Å². The average Bonchev–Trinajstić information content (AvgIpc) is 2.27. The molecule has 0 radical (unpaired) electrons. The van der Waals surface area contributed by atoms with Crippen LogP contribution in [0.25, 0.3) is 0 Å². The van der Waals surface area contributed by atoms with Crippen LogP contribution in [0.2, 0.25) is 5.02 Å². The summed E-state index contributed by atoms with van der Waals surface area (Å²) in [7, 11) is -1.86. The van der Waals surface area contributed by atoms with Gasteiger partial charge in [-0.3, -0.25) is 0 Å². The molecule has 1 aromatic rings. The number of esters is 1. The van der Waals surface area contributed by atoms with E-state index in [1.807, 2.05) is 0 Å². The third-order valence-corrected chi connectivity index (χ3v) is 1.98. The van der Waals surface area contributed by atoms with Gasteiger partial charge < -0.3 is 19.7 Å². The lowest BCUT2D eigenvalue weighted by Crippen LogP contribution is -2.04. The number of rotatable bonds is 2. The lowest BCUT2D eigenvalue weighted by Gasteiger charge is -2.10. The third kappa shape index (κ3) is 1.92. The highest BCUT2D eigenvalue weighted by Crippen LogP contribution is 2.43. The molecule has 5 nitrogen and oxygen atoms in total. The Kier molecular flexibility index (Phi) is 2.18. The fourth-order valence-corrected chi connectivity index (χ4v) is 1.17. The molecule has 0 atom stereocenters. The number of carbonyl (C=O) groups excluding carboxylic acids is 1. The van der Waals surface area contributed by atoms with E-state index in [1.54, 1.807) is 0 Å². The molecule has 0 aliphatic rings. The molecular weight excluding hydrogens is 224 g/mol. The van der Waals surface area contributed by atoms with E-state index in [0.29, 0.717) is 0 Å². The van der Waals surface area contributed by atoms with Crippen LogP contribution in [0.15, 0.2) is 6.07 Å². The summed E-state index contributed by atoms with van der Waals surface area (Å²) >= 11 is 5.55. The molecular formula is C9H9ClO5. The SMILES string of the molecule is [2H]C([2H])([2H])Oc1c(C(=O)OC)cc(Cl)c(O)c1O. The Bertz CT molecular complexity index is 486. The van der Waals surface area contributed by atoms with Crippen LogP contribution in [-0.4, -0.2) is 30.3 Å². The molecule has 0 heterocycles. The smallest absolute Gasteiger partial charge is 0.341 e. The van der Waals surface area contributed by atoms with Crippen molar-refractivity contribution < 1.29 is 28.6 Å². The molecule has 0 amide bonds. The van der Waals surface area contributed by atoms with Gasteiger partial charge in [0.2, 0.25) is 5.75 Å². The summed E-state index contributed by atoms with van der Waals surface area (Å²) in [4.78, 5) is 11.4. The zero-order chi connectivity index (χ0) is 14.1. The summed E-state index contributed by atoms with van der Waals surface area (Å²) < 4.78 is 29.6. The molecule has 82 valence electrons. The largest absolute Gasteiger partial charge is 0.503 e. The van der Waals surface area contributed by atoms with E-state index >= 15 is 0 Å². The van der Waals surface area contributed by atoms with Gasteiger partial charge in [0, 0.05) is 0 Å². The zero-order valence-electron chi connectivity index (χ0n) is 10.6. The number of carbonyl (C=O) groups is 1. The van der Waals surface area contributed by atoms with Crippen molar-refractivity contribution in [1.29, 1.82) is 0 Å². The van der Waals surface area contributed by atoms with Gasteiger partial charge >= 0.3 is 5.97 Å². The van der Waals surface area contributed by atoms with Crippen LogP contribution < -0.4 is 4.74 Å². The Balaban J connectivity index is 3.44. The molecule has 0 saturated heterocycles. The van der Waals surface area contributed by atoms with E-state index in [-0.39, 0.29) is 5.02 Å². The molecule has 0 fully saturated rings. The lowest BCUT2D eigenvalue weighted by molar-refractivity contribution is 0.0596. The standard InChI is InChI=1S/C9H9ClO5/c1-14-8-4(9(13)15-2)3-5(10)6(11)7(8)12/h3,11-12H,1-2H3/i1D3. The van der Waals surface area contributed by atoms with Crippen molar-refractivity contribution in [3.05, 3.63) is 16.7 Å². The molecule has 0 saturated carbocycles. The van der Waals surface area contributed by atoms with Gasteiger partial charge in [-0.2, -0.15) is 0 Å². The Morgan fingerprint density at radius 1 is 1.53 bits per heavy atom. The van der Waals surface area contributed by atoms with Crippen LogP contribution in [0.4, 0.5) is 0 Å². The van der Waals surface area contributed by atoms with Crippen molar-refractivity contribution in [1.82, 2.24) is 0 Å². The van der Waals surface area contributed by atoms with Crippen molar-refractivity contribution in [2.24, 2.45) is 0 Å². The van der Waals surface area contributed by atoms with E-state index in [1.165, 1.54) is 0 Å². The minimum absolute atomic E-state index is 0.342. The Labute approximate surface area is 95.0 Å². The predicted octanol–water partition coefficient (Wildman–Crippen LogP) is 1.55. The maximum Gasteiger partial charge on any atom is 0.341 e. The van der Waals surface area contributed by atoms with Crippen molar-refractivity contribution in [2.75, 3.05) is 14.1 Å². The molecule has 15 heavy (non-hydrogen) atoms. The van der Waals surface area contributed by atoms with Gasteiger partial charge in [-0.1, -0.05) is 11.6 Å². The van der Waals surface area contributed by atoms with Crippen molar-refractivity contribution in [3.8, 4) is 17.2 Å². The highest BCUT2D eigenvalue weighted by molar-refractivity contribution is 6.32. The minimum atomic E-state index is -2.92. The number of methoxy groups -OCH3 is 2. The lowest BCUT2D eigenvalue weighted by atomic mass is 10.1. The molecule has 1 rings (SSSR count). The molecule has 0 bridgehead atoms. The van der Waals surface area contributed by atoms with E-state index in [9.17, 15) is 15.0 Å². The summed E-state index contributed by atoms with van der Waals surface area (Å²) in [6, 6.07) is 0.934. The fourth-order valence-electron chi connectivity index (χ4n) is 0.974. The maximum absolute atomic E-state index is 11.4. The van der Waals surface area contributed by atoms with E-state index in [0.717, 1.165) is 13.2 Å². The van der Waals surface area contributed by atoms with E-state index in [4.69, 9.17) is 15.7 Å². The second-order valence-corrected chi connectivity index (χ2v) is 2.93. The molecule has 2 N–H and O–H groups in total. The van der Waals surface area contributed by atoms with Crippen LogP contribution in [0.1, 0.15) is 14.5 Å². The second kappa shape index (κ2) is 4.27. The third-order valence-electron chi connectivity index (χ3n) is 1.69. The predicted molar refractivity (Wildman–Crippen MR) is 52.7 cm³/mol. The van der Waals surface area contributed by atoms with Gasteiger partial charge in [-0.25, -0.2) is 4.79 Å². The number of ether oxygens (including phenoxy) is 2. The highest BCUT2D eigenvalue weighted by Gasteiger charge is 2.22. The molecule has 0 aliphatic carbocycles. The first-order chi connectivity index (χ1) is 8.17. The maximum atomic E-state index is 11.4. The van der Waals surface area contributed by atoms with Crippen LogP contribution in [0.3, 0.4) is 0 Å². The summed E-state index contributed by atoms with van der Waals surface area (Å²) in [6.45, 7) is 0. The molecule has 0 spiro atoms. The number of halogens is 1. The first-order valence-corrected chi connectivity index (χ1v) is 4.07. The van der Waals surface area contributed by atoms with Crippen LogP contribution in [0, 0.1) is 0 Å². The topological polar surface area (TPSA) is 76.0 Å². The number of hydrogen-bond donors (Lipinski definition) is 2. The normalized spacial score (nSPS) is 13.6. The molecule has 1 aromatic carbocycles. The first kappa shape index (κ1) is 7.64. The fraction of sp³-hybridized carbons (Fsp3) is 0.222. The van der Waals surface area contributed by atoms with Gasteiger partial charge in [0.15, 0.2) is 11.5 Å². The van der Waals surface area contributed by atoms with Crippen molar-refractivity contribution in [2.45, 2.75) is 0 Å². The quantitative estimate of drug-likeness (QED) is 0.601. The Morgan fingerprint density at radius 2 is 2.20 bits per heavy atom. The number of benzene rings is 1. The monoisotopic (exact) mass is 235 g/mol. The Hall–Kier alpha value is -1.62. The van der Waals surface area contributed by atoms with Gasteiger partial charge in [0.25, 0.3) is 0 Å². The molecule has 0 unspecified atom stereocenters. The number of aromatic hydroxyl groups is 2. The van der Waals surface area contributed by atoms with E-state index < -0.39 is 35.8 Å². The molecule has 6 heteroatoms. The van der Waals surface area contributed by atoms with Gasteiger partial charge in [-0.15, -0.1) is 0 Å². The summed E-state index contributed by atoms with van der Waals surface area (Å²) in [5.74, 6) is -3.42. The van der Waals surface area contributed by atoms with Crippen LogP contribution in [-0.2, 0) is 4.74 Å². The number of phenols is 2. The summed E-state index contributed by atoms with van der Waals surface area (Å²) in [5.41, 5.74) is -0.408. The van der Waals surface area contributed by atoms with Crippen LogP contribution >= 0.6 is 11.6 Å². The minimum Gasteiger partial charge on any atom is -0.503 e. The highest BCUT2D eigenvalue weighted by atomic mass is 35.5. The second-order valence-electron chi connectivity index (χ2n) is 2.53. The Morgan fingerprint density at radius 3 is 2.73 bits per heavy atom. The summed E-state index contributed by atoms with van der Waals surface area (Å²) in [5, 5.41) is 18.6. The summed E-state index contributed by atoms with van der Waals surface area (Å²) in [6.07, 6.45) is 0. The van der Waals surface area contributed by atoms with Gasteiger partial charge in [-0.05, 0) is 6.07 Å². The van der Waals surface area contributed by atoms with Crippen molar-refractivity contribution in [3.63, 3.8) is 0 Å². The van der Waals surface area contributed by atoms with E-state index in [2.05, 4.69) is 9.47 Å². The molecule has 0 aliphatic heterocycles. The first-order valence-electron chi connectivity index (χ1n) is 5.19. The number of hydrogen-bond acceptors (Lipinski definition) is 5.